The summed E-state index contributed by atoms with van der Waals surface area (Å²) in [7, 11) is 1.63. The molecule has 0 aromatic rings. The molecule has 3 aliphatic rings. The second-order valence-corrected chi connectivity index (χ2v) is 13.1. The number of allylic oxidation sites excluding steroid dienone is 1. The van der Waals surface area contributed by atoms with Gasteiger partial charge >= 0.3 is 12.1 Å². The van der Waals surface area contributed by atoms with Crippen molar-refractivity contribution < 1.29 is 38.1 Å². The summed E-state index contributed by atoms with van der Waals surface area (Å²) in [6, 6.07) is -1.16. The highest BCUT2D eigenvalue weighted by Crippen LogP contribution is 2.59. The van der Waals surface area contributed by atoms with Gasteiger partial charge in [0.2, 0.25) is 5.91 Å². The first-order valence-electron chi connectivity index (χ1n) is 14.5. The van der Waals surface area contributed by atoms with Gasteiger partial charge in [-0.05, 0) is 64.4 Å². The first-order chi connectivity index (χ1) is 19.4. The predicted octanol–water partition coefficient (Wildman–Crippen LogP) is 2.55. The molecular formula is C29H49N3O8S. The van der Waals surface area contributed by atoms with Gasteiger partial charge in [0, 0.05) is 7.11 Å². The molecule has 2 saturated heterocycles. The molecule has 1 spiro atoms. The predicted molar refractivity (Wildman–Crippen MR) is 157 cm³/mol. The average Bonchev–Trinajstić information content (AvgIpc) is 3.84. The van der Waals surface area contributed by atoms with E-state index in [0.717, 1.165) is 18.6 Å². The highest BCUT2D eigenvalue weighted by Gasteiger charge is 2.72. The highest BCUT2D eigenvalue weighted by molar-refractivity contribution is 7.98. The van der Waals surface area contributed by atoms with Crippen LogP contribution >= 0.6 is 11.8 Å². The van der Waals surface area contributed by atoms with Crippen LogP contribution in [0.15, 0.2) is 11.6 Å². The van der Waals surface area contributed by atoms with Crippen LogP contribution in [0.25, 0.3) is 0 Å². The lowest BCUT2D eigenvalue weighted by Crippen LogP contribution is -2.56. The smallest absolute Gasteiger partial charge is 0.407 e. The van der Waals surface area contributed by atoms with Gasteiger partial charge in [0.25, 0.3) is 0 Å². The van der Waals surface area contributed by atoms with Crippen LogP contribution in [0.4, 0.5) is 4.79 Å². The number of hydrogen-bond donors (Lipinski definition) is 3. The van der Waals surface area contributed by atoms with E-state index in [1.807, 2.05) is 20.1 Å². The van der Waals surface area contributed by atoms with Crippen molar-refractivity contribution in [2.45, 2.75) is 102 Å². The second kappa shape index (κ2) is 14.5. The zero-order valence-electron chi connectivity index (χ0n) is 25.5. The van der Waals surface area contributed by atoms with Crippen molar-refractivity contribution in [3.05, 3.63) is 11.6 Å². The fraction of sp³-hybridized carbons (Fsp3) is 0.828. The lowest BCUT2D eigenvalue weighted by Gasteiger charge is -2.42. The van der Waals surface area contributed by atoms with Crippen molar-refractivity contribution in [2.75, 3.05) is 38.9 Å². The summed E-state index contributed by atoms with van der Waals surface area (Å²) >= 11 is 1.60. The monoisotopic (exact) mass is 599 g/mol. The average molecular weight is 600 g/mol. The second-order valence-electron chi connectivity index (χ2n) is 12.1. The summed E-state index contributed by atoms with van der Waals surface area (Å²) in [6.07, 6.45) is 5.39. The molecule has 1 aliphatic carbocycles. The minimum absolute atomic E-state index is 0.0417. The Kier molecular flexibility index (Phi) is 11.9. The molecule has 4 N–H and O–H groups in total. The van der Waals surface area contributed by atoms with Gasteiger partial charge in [-0.3, -0.25) is 9.59 Å². The van der Waals surface area contributed by atoms with Crippen LogP contribution in [0.3, 0.4) is 0 Å². The Bertz CT molecular complexity index is 954. The number of epoxide rings is 2. The Morgan fingerprint density at radius 2 is 1.95 bits per heavy atom. The topological polar surface area (TPSA) is 154 Å². The molecule has 0 aromatic carbocycles. The van der Waals surface area contributed by atoms with E-state index in [2.05, 4.69) is 37.5 Å². The van der Waals surface area contributed by atoms with E-state index >= 15 is 0 Å². The fourth-order valence-electron chi connectivity index (χ4n) is 5.69. The molecule has 11 nitrogen and oxygen atoms in total. The summed E-state index contributed by atoms with van der Waals surface area (Å²) in [5.41, 5.74) is 6.33. The molecule has 1 saturated carbocycles. The zero-order valence-corrected chi connectivity index (χ0v) is 26.3. The van der Waals surface area contributed by atoms with Crippen molar-refractivity contribution in [1.29, 1.82) is 0 Å². The fourth-order valence-corrected chi connectivity index (χ4v) is 6.18. The molecule has 3 fully saturated rings. The number of nitrogens with two attached hydrogens (primary N) is 1. The number of carbonyl (C=O) groups is 3. The van der Waals surface area contributed by atoms with Crippen LogP contribution in [0.5, 0.6) is 0 Å². The van der Waals surface area contributed by atoms with Gasteiger partial charge in [0.15, 0.2) is 0 Å². The van der Waals surface area contributed by atoms with Crippen LogP contribution in [0.2, 0.25) is 0 Å². The number of hydrogen-bond acceptors (Lipinski definition) is 10. The van der Waals surface area contributed by atoms with E-state index in [1.165, 1.54) is 5.57 Å². The summed E-state index contributed by atoms with van der Waals surface area (Å²) in [4.78, 5) is 37.3. The van der Waals surface area contributed by atoms with Gasteiger partial charge in [-0.15, -0.1) is 0 Å². The number of rotatable bonds is 15. The third-order valence-corrected chi connectivity index (χ3v) is 9.05. The number of carbonyl (C=O) groups excluding carboxylic acids is 3. The van der Waals surface area contributed by atoms with E-state index < -0.39 is 41.8 Å². The van der Waals surface area contributed by atoms with E-state index in [1.54, 1.807) is 18.9 Å². The van der Waals surface area contributed by atoms with Gasteiger partial charge < -0.3 is 40.1 Å². The Hall–Kier alpha value is -1.86. The minimum Gasteiger partial charge on any atom is -0.462 e. The molecule has 2 amide bonds. The number of thioether (sulfide) groups is 1. The first-order valence-corrected chi connectivity index (χ1v) is 15.9. The largest absolute Gasteiger partial charge is 0.462 e. The summed E-state index contributed by atoms with van der Waals surface area (Å²) in [5, 5.41) is 5.35. The molecule has 0 bridgehead atoms. The quantitative estimate of drug-likeness (QED) is 0.145. The lowest BCUT2D eigenvalue weighted by atomic mass is 9.68. The van der Waals surface area contributed by atoms with Crippen LogP contribution in [0.1, 0.15) is 60.3 Å². The molecule has 8 atom stereocenters. The van der Waals surface area contributed by atoms with Crippen LogP contribution in [-0.2, 0) is 33.3 Å². The van der Waals surface area contributed by atoms with Crippen molar-refractivity contribution >= 4 is 29.7 Å². The Labute approximate surface area is 248 Å². The zero-order chi connectivity index (χ0) is 30.4. The maximum absolute atomic E-state index is 13.0. The Morgan fingerprint density at radius 3 is 2.54 bits per heavy atom. The van der Waals surface area contributed by atoms with Crippen LogP contribution < -0.4 is 16.4 Å². The molecule has 2 aliphatic heterocycles. The normalized spacial score (nSPS) is 31.6. The van der Waals surface area contributed by atoms with Crippen molar-refractivity contribution in [3.8, 4) is 0 Å². The molecule has 2 heterocycles. The maximum Gasteiger partial charge on any atom is 0.407 e. The van der Waals surface area contributed by atoms with E-state index in [-0.39, 0.29) is 42.8 Å². The summed E-state index contributed by atoms with van der Waals surface area (Å²) < 4.78 is 29.4. The molecular weight excluding hydrogens is 550 g/mol. The van der Waals surface area contributed by atoms with E-state index in [0.29, 0.717) is 19.4 Å². The number of amides is 2. The standard InChI is InChI=1S/C29H49N3O8S/c1-17(2)8-9-22-28(5,40-22)25-24(36-6)21(10-12-29(25)16-38-29)39-27(35)32-20(18(3)4)15-37-23(33)14-31-26(34)19(30)11-13-41-7/h8,18-22,24-25H,9-16,30H2,1-7H3,(H,31,34)(H,32,35)/t19-,20-,21+,22+,24?,25+,28-,29-/m0/s1. The Morgan fingerprint density at radius 1 is 1.24 bits per heavy atom. The van der Waals surface area contributed by atoms with Crippen molar-refractivity contribution in [1.82, 2.24) is 10.6 Å². The molecule has 1 unspecified atom stereocenters. The molecule has 3 rings (SSSR count). The first kappa shape index (κ1) is 33.6. The minimum atomic E-state index is -0.677. The van der Waals surface area contributed by atoms with Gasteiger partial charge in [-0.1, -0.05) is 25.5 Å². The number of ether oxygens (including phenoxy) is 5. The molecule has 0 radical (unpaired) electrons. The molecule has 0 aromatic heterocycles. The van der Waals surface area contributed by atoms with Gasteiger partial charge in [0.1, 0.15) is 36.6 Å². The van der Waals surface area contributed by atoms with Gasteiger partial charge in [-0.25, -0.2) is 4.79 Å². The third kappa shape index (κ3) is 8.82. The number of alkyl carbamates (subject to hydrolysis) is 1. The van der Waals surface area contributed by atoms with Gasteiger partial charge in [-0.2, -0.15) is 11.8 Å². The number of nitrogens with one attached hydrogen (secondary N) is 2. The van der Waals surface area contributed by atoms with Crippen molar-refractivity contribution in [2.24, 2.45) is 17.6 Å². The number of methoxy groups -OCH3 is 1. The summed E-state index contributed by atoms with van der Waals surface area (Å²) in [5.74, 6) is -0.375. The Balaban J connectivity index is 1.52. The maximum atomic E-state index is 13.0. The third-order valence-electron chi connectivity index (χ3n) is 8.40. The highest BCUT2D eigenvalue weighted by atomic mass is 32.2. The molecule has 41 heavy (non-hydrogen) atoms. The number of esters is 1. The lowest BCUT2D eigenvalue weighted by molar-refractivity contribution is -0.145. The molecule has 234 valence electrons. The van der Waals surface area contributed by atoms with Crippen molar-refractivity contribution in [3.63, 3.8) is 0 Å². The van der Waals surface area contributed by atoms with Crippen LogP contribution in [-0.4, -0.2) is 98.4 Å². The molecule has 12 heteroatoms. The van der Waals surface area contributed by atoms with Gasteiger partial charge in [0.05, 0.1) is 30.7 Å². The van der Waals surface area contributed by atoms with Crippen LogP contribution in [0, 0.1) is 11.8 Å². The summed E-state index contributed by atoms with van der Waals surface area (Å²) in [6.45, 7) is 10.4. The van der Waals surface area contributed by atoms with E-state index in [9.17, 15) is 14.4 Å². The SMILES string of the molecule is COC1[C@H](OC(=O)N[C@@H](COC(=O)CNC(=O)[C@@H](N)CCSC)C(C)C)CC[C@]2(CO2)[C@H]1[C@@]1(C)O[C@@H]1CC=C(C)C. The van der Waals surface area contributed by atoms with E-state index in [4.69, 9.17) is 29.4 Å².